The van der Waals surface area contributed by atoms with Gasteiger partial charge in [0.05, 0.1) is 38.5 Å². The Hall–Kier alpha value is -1.90. The van der Waals surface area contributed by atoms with Crippen molar-refractivity contribution < 1.29 is 59.3 Å². The van der Waals surface area contributed by atoms with Crippen molar-refractivity contribution in [3.05, 3.63) is 58.7 Å². The molecule has 0 aliphatic carbocycles. The lowest BCUT2D eigenvalue weighted by atomic mass is 10.0. The Bertz CT molecular complexity index is 1240. The van der Waals surface area contributed by atoms with Crippen LogP contribution in [0.5, 0.6) is 11.5 Å². The van der Waals surface area contributed by atoms with E-state index in [0.717, 1.165) is 4.90 Å². The van der Waals surface area contributed by atoms with E-state index in [1.54, 1.807) is 0 Å². The van der Waals surface area contributed by atoms with Crippen molar-refractivity contribution in [3.8, 4) is 11.5 Å². The van der Waals surface area contributed by atoms with Crippen molar-refractivity contribution in [2.45, 2.75) is 70.2 Å². The molecule has 0 saturated heterocycles. The first kappa shape index (κ1) is 35.3. The van der Waals surface area contributed by atoms with Crippen LogP contribution >= 0.6 is 15.2 Å². The Balaban J connectivity index is 2.71. The Morgan fingerprint density at radius 3 is 1.68 bits per heavy atom. The predicted octanol–water partition coefficient (Wildman–Crippen LogP) is 0.546. The Labute approximate surface area is 238 Å². The van der Waals surface area contributed by atoms with Crippen LogP contribution in [-0.2, 0) is 35.4 Å². The minimum absolute atomic E-state index is 0.142. The molecular formula is C25H40N2O12P2. The van der Waals surface area contributed by atoms with Gasteiger partial charge in [0, 0.05) is 24.2 Å². The van der Waals surface area contributed by atoms with Crippen LogP contribution in [0.1, 0.15) is 42.5 Å². The number of hydrogen-bond donors (Lipinski definition) is 10. The number of aliphatic hydroxyl groups is 4. The number of phenolic OH excluding ortho intramolecular Hbond substituents is 2. The Morgan fingerprint density at radius 2 is 1.22 bits per heavy atom. The Kier molecular flexibility index (Phi) is 12.9. The fraction of sp³-hybridized carbons (Fsp3) is 0.520. The van der Waals surface area contributed by atoms with E-state index in [-0.39, 0.29) is 48.7 Å². The zero-order valence-corrected chi connectivity index (χ0v) is 24.6. The Morgan fingerprint density at radius 1 is 0.707 bits per heavy atom. The summed E-state index contributed by atoms with van der Waals surface area (Å²) in [7, 11) is -9.83. The average Bonchev–Trinajstić information content (AvgIpc) is 2.90. The highest BCUT2D eigenvalue weighted by Crippen LogP contribution is 2.48. The summed E-state index contributed by atoms with van der Waals surface area (Å²) in [4.78, 5) is 42.9. The highest BCUT2D eigenvalue weighted by atomic mass is 31.2. The van der Waals surface area contributed by atoms with Crippen LogP contribution in [0.3, 0.4) is 0 Å². The van der Waals surface area contributed by atoms with Crippen LogP contribution in [-0.4, -0.2) is 96.9 Å². The summed E-state index contributed by atoms with van der Waals surface area (Å²) in [5.41, 5.74) is 1.07. The minimum atomic E-state index is -4.92. The number of aromatic hydroxyl groups is 2. The highest BCUT2D eigenvalue weighted by molar-refractivity contribution is 7.52. The van der Waals surface area contributed by atoms with E-state index in [9.17, 15) is 59.3 Å². The van der Waals surface area contributed by atoms with Gasteiger partial charge in [0.1, 0.15) is 23.1 Å². The normalized spacial score (nSPS) is 15.7. The first-order valence-corrected chi connectivity index (χ1v) is 16.2. The topological polar surface area (TPSA) is 243 Å². The number of hydrogen-bond acceptors (Lipinski definition) is 10. The van der Waals surface area contributed by atoms with E-state index in [2.05, 4.69) is 0 Å². The van der Waals surface area contributed by atoms with Crippen LogP contribution in [0.4, 0.5) is 0 Å². The van der Waals surface area contributed by atoms with Gasteiger partial charge in [0.2, 0.25) is 0 Å². The van der Waals surface area contributed by atoms with Gasteiger partial charge >= 0.3 is 15.2 Å². The molecule has 0 fully saturated rings. The first-order chi connectivity index (χ1) is 19.1. The molecule has 4 unspecified atom stereocenters. The van der Waals surface area contributed by atoms with Crippen LogP contribution in [0.15, 0.2) is 36.4 Å². The average molecular weight is 623 g/mol. The van der Waals surface area contributed by atoms with Gasteiger partial charge < -0.3 is 50.2 Å². The van der Waals surface area contributed by atoms with Crippen molar-refractivity contribution in [3.63, 3.8) is 0 Å². The molecule has 16 heteroatoms. The maximum Gasteiger partial charge on any atom is 0.342 e. The molecule has 0 bridgehead atoms. The van der Waals surface area contributed by atoms with Gasteiger partial charge in [-0.2, -0.15) is 0 Å². The molecule has 10 N–H and O–H groups in total. The van der Waals surface area contributed by atoms with Crippen molar-refractivity contribution in [2.24, 2.45) is 0 Å². The van der Waals surface area contributed by atoms with E-state index in [1.165, 1.54) is 55.1 Å². The third-order valence-electron chi connectivity index (χ3n) is 7.14. The quantitative estimate of drug-likeness (QED) is 0.115. The zero-order chi connectivity index (χ0) is 31.1. The number of phenols is 2. The van der Waals surface area contributed by atoms with Crippen LogP contribution in [0.25, 0.3) is 0 Å². The summed E-state index contributed by atoms with van der Waals surface area (Å²) < 4.78 is 25.0. The van der Waals surface area contributed by atoms with E-state index in [1.807, 2.05) is 0 Å². The second-order valence-electron chi connectivity index (χ2n) is 9.79. The smallest absolute Gasteiger partial charge is 0.342 e. The molecule has 0 aromatic heterocycles. The SMILES string of the molecule is CCC(N(Cc1cc(CO)ccc1O)C(CO)C(CO)N(Cc1ccc(CO)cc1O)C(C)P(=O)(O)O)P(=O)(O)O. The number of rotatable bonds is 16. The first-order valence-electron chi connectivity index (χ1n) is 12.8. The summed E-state index contributed by atoms with van der Waals surface area (Å²) in [6.45, 7) is -0.501. The summed E-state index contributed by atoms with van der Waals surface area (Å²) in [6.07, 6.45) is -0.142. The molecule has 0 aliphatic heterocycles. The van der Waals surface area contributed by atoms with Gasteiger partial charge in [-0.25, -0.2) is 0 Å². The number of benzene rings is 2. The number of nitrogens with zero attached hydrogens (tertiary/aromatic N) is 2. The van der Waals surface area contributed by atoms with Gasteiger partial charge in [0.15, 0.2) is 0 Å². The lowest BCUT2D eigenvalue weighted by Crippen LogP contribution is -2.59. The third-order valence-corrected chi connectivity index (χ3v) is 9.85. The van der Waals surface area contributed by atoms with Gasteiger partial charge in [-0.1, -0.05) is 25.1 Å². The fourth-order valence-electron chi connectivity index (χ4n) is 4.82. The summed E-state index contributed by atoms with van der Waals surface area (Å²) >= 11 is 0. The van der Waals surface area contributed by atoms with Crippen molar-refractivity contribution in [1.82, 2.24) is 9.80 Å². The van der Waals surface area contributed by atoms with Crippen molar-refractivity contribution in [1.29, 1.82) is 0 Å². The molecular weight excluding hydrogens is 582 g/mol. The fourth-order valence-corrected chi connectivity index (χ4v) is 6.58. The van der Waals surface area contributed by atoms with Crippen LogP contribution in [0.2, 0.25) is 0 Å². The molecule has 4 atom stereocenters. The van der Waals surface area contributed by atoms with E-state index >= 15 is 0 Å². The van der Waals surface area contributed by atoms with Crippen LogP contribution in [0, 0.1) is 0 Å². The highest BCUT2D eigenvalue weighted by Gasteiger charge is 2.44. The maximum absolute atomic E-state index is 12.6. The molecule has 0 saturated carbocycles. The molecule has 0 aliphatic rings. The second-order valence-corrected chi connectivity index (χ2v) is 13.5. The van der Waals surface area contributed by atoms with Gasteiger partial charge in [-0.05, 0) is 42.7 Å². The van der Waals surface area contributed by atoms with Crippen molar-refractivity contribution >= 4 is 15.2 Å². The molecule has 14 nitrogen and oxygen atoms in total. The third kappa shape index (κ3) is 9.04. The standard InChI is InChI=1S/C25H40N2O12P2/c1-3-25(41(37,38)39)27(11-20-8-17(12-28)5-7-23(20)32)22(15-31)21(14-30)26(16(2)40(34,35)36)10-19-6-4-18(13-29)9-24(19)33/h4-9,16,21-22,25,28-33H,3,10-15H2,1-2H3,(H2,34,35,36)(H2,37,38,39). The lowest BCUT2D eigenvalue weighted by Gasteiger charge is -2.45. The molecule has 2 rings (SSSR count). The molecule has 2 aromatic carbocycles. The zero-order valence-electron chi connectivity index (χ0n) is 22.8. The van der Waals surface area contributed by atoms with Gasteiger partial charge in [-0.15, -0.1) is 0 Å². The molecule has 0 radical (unpaired) electrons. The van der Waals surface area contributed by atoms with Gasteiger partial charge in [0.25, 0.3) is 0 Å². The van der Waals surface area contributed by atoms with Crippen LogP contribution < -0.4 is 0 Å². The predicted molar refractivity (Wildman–Crippen MR) is 149 cm³/mol. The molecule has 0 spiro atoms. The lowest BCUT2D eigenvalue weighted by molar-refractivity contribution is -0.0119. The van der Waals surface area contributed by atoms with E-state index in [0.29, 0.717) is 11.1 Å². The summed E-state index contributed by atoms with van der Waals surface area (Å²) in [6, 6.07) is 5.59. The molecule has 41 heavy (non-hydrogen) atoms. The maximum atomic E-state index is 12.6. The van der Waals surface area contributed by atoms with E-state index < -0.39 is 58.7 Å². The summed E-state index contributed by atoms with van der Waals surface area (Å²) in [5.74, 6) is -3.70. The largest absolute Gasteiger partial charge is 0.508 e. The second kappa shape index (κ2) is 15.0. The molecule has 2 aromatic rings. The van der Waals surface area contributed by atoms with Gasteiger partial charge in [-0.3, -0.25) is 18.9 Å². The molecule has 0 heterocycles. The summed E-state index contributed by atoms with van der Waals surface area (Å²) in [5, 5.41) is 61.0. The monoisotopic (exact) mass is 622 g/mol. The number of aliphatic hydroxyl groups excluding tert-OH is 4. The molecule has 232 valence electrons. The van der Waals surface area contributed by atoms with Crippen molar-refractivity contribution in [2.75, 3.05) is 13.2 Å². The minimum Gasteiger partial charge on any atom is -0.508 e. The van der Waals surface area contributed by atoms with E-state index in [4.69, 9.17) is 0 Å². The molecule has 0 amide bonds.